The maximum atomic E-state index is 11.2. The Labute approximate surface area is 129 Å². The van der Waals surface area contributed by atoms with Crippen LogP contribution in [0.5, 0.6) is 0 Å². The number of aromatic nitrogens is 1. The maximum absolute atomic E-state index is 11.2. The summed E-state index contributed by atoms with van der Waals surface area (Å²) in [5.41, 5.74) is 0.424. The molecule has 0 unspecified atom stereocenters. The molecule has 2 rings (SSSR count). The van der Waals surface area contributed by atoms with Gasteiger partial charge in [-0.25, -0.2) is 4.98 Å². The standard InChI is InChI=1S/C13H10ClN3O3S/c1-8(18)16-10-5-4-9(14)7-12(10)21-13-11(17(19)20)3-2-6-15-13/h2-7H,1H3,(H,16,18). The van der Waals surface area contributed by atoms with Crippen molar-refractivity contribution in [1.82, 2.24) is 4.98 Å². The predicted molar refractivity (Wildman–Crippen MR) is 80.8 cm³/mol. The van der Waals surface area contributed by atoms with E-state index in [0.29, 0.717) is 15.6 Å². The van der Waals surface area contributed by atoms with E-state index in [1.54, 1.807) is 18.2 Å². The van der Waals surface area contributed by atoms with Crippen LogP contribution in [0.4, 0.5) is 11.4 Å². The molecule has 1 aromatic heterocycles. The summed E-state index contributed by atoms with van der Waals surface area (Å²) in [4.78, 5) is 26.3. The van der Waals surface area contributed by atoms with Crippen LogP contribution in [0, 0.1) is 10.1 Å². The molecule has 0 aliphatic heterocycles. The second-order valence-corrected chi connectivity index (χ2v) is 5.48. The van der Waals surface area contributed by atoms with Crippen LogP contribution in [0.15, 0.2) is 46.5 Å². The number of hydrogen-bond donors (Lipinski definition) is 1. The first-order valence-corrected chi connectivity index (χ1v) is 7.01. The zero-order valence-electron chi connectivity index (χ0n) is 10.9. The number of benzene rings is 1. The third kappa shape index (κ3) is 3.93. The fraction of sp³-hybridized carbons (Fsp3) is 0.0769. The summed E-state index contributed by atoms with van der Waals surface area (Å²) in [6.45, 7) is 1.38. The minimum Gasteiger partial charge on any atom is -0.325 e. The molecule has 0 spiro atoms. The molecule has 0 atom stereocenters. The van der Waals surface area contributed by atoms with Gasteiger partial charge in [0.1, 0.15) is 0 Å². The second-order valence-electron chi connectivity index (χ2n) is 4.01. The van der Waals surface area contributed by atoms with E-state index in [0.717, 1.165) is 11.8 Å². The zero-order chi connectivity index (χ0) is 15.4. The SMILES string of the molecule is CC(=O)Nc1ccc(Cl)cc1Sc1ncccc1[N+](=O)[O-]. The lowest BCUT2D eigenvalue weighted by atomic mass is 10.3. The average molecular weight is 324 g/mol. The van der Waals surface area contributed by atoms with Crippen LogP contribution in [0.25, 0.3) is 0 Å². The average Bonchev–Trinajstić information content (AvgIpc) is 2.42. The Hall–Kier alpha value is -2.12. The van der Waals surface area contributed by atoms with Crippen molar-refractivity contribution in [2.75, 3.05) is 5.32 Å². The van der Waals surface area contributed by atoms with Gasteiger partial charge in [-0.1, -0.05) is 23.4 Å². The van der Waals surface area contributed by atoms with Crippen LogP contribution >= 0.6 is 23.4 Å². The topological polar surface area (TPSA) is 85.1 Å². The van der Waals surface area contributed by atoms with Crippen molar-refractivity contribution in [2.45, 2.75) is 16.8 Å². The van der Waals surface area contributed by atoms with Crippen LogP contribution in [-0.2, 0) is 4.79 Å². The highest BCUT2D eigenvalue weighted by atomic mass is 35.5. The summed E-state index contributed by atoms with van der Waals surface area (Å²) >= 11 is 7.01. The van der Waals surface area contributed by atoms with Crippen molar-refractivity contribution in [3.63, 3.8) is 0 Å². The Bertz CT molecular complexity index is 709. The number of nitro groups is 1. The second kappa shape index (κ2) is 6.55. The summed E-state index contributed by atoms with van der Waals surface area (Å²) in [5.74, 6) is -0.241. The van der Waals surface area contributed by atoms with E-state index in [2.05, 4.69) is 10.3 Å². The molecule has 0 radical (unpaired) electrons. The summed E-state index contributed by atoms with van der Waals surface area (Å²) in [5, 5.41) is 14.3. The van der Waals surface area contributed by atoms with E-state index in [1.165, 1.54) is 25.3 Å². The van der Waals surface area contributed by atoms with E-state index in [9.17, 15) is 14.9 Å². The predicted octanol–water partition coefficient (Wildman–Crippen LogP) is 3.75. The molecule has 0 saturated carbocycles. The highest BCUT2D eigenvalue weighted by Gasteiger charge is 2.17. The molecule has 8 heteroatoms. The van der Waals surface area contributed by atoms with E-state index in [4.69, 9.17) is 11.6 Å². The minimum absolute atomic E-state index is 0.101. The zero-order valence-corrected chi connectivity index (χ0v) is 12.4. The number of halogens is 1. The Morgan fingerprint density at radius 2 is 2.19 bits per heavy atom. The fourth-order valence-electron chi connectivity index (χ4n) is 1.58. The summed E-state index contributed by atoms with van der Waals surface area (Å²) < 4.78 is 0. The molecule has 108 valence electrons. The van der Waals surface area contributed by atoms with Crippen LogP contribution < -0.4 is 5.32 Å². The third-order valence-electron chi connectivity index (χ3n) is 2.41. The lowest BCUT2D eigenvalue weighted by molar-refractivity contribution is -0.388. The van der Waals surface area contributed by atoms with E-state index in [-0.39, 0.29) is 16.6 Å². The molecule has 1 N–H and O–H groups in total. The third-order valence-corrected chi connectivity index (χ3v) is 3.71. The molecule has 1 aromatic carbocycles. The molecular formula is C13H10ClN3O3S. The Balaban J connectivity index is 2.41. The first-order valence-electron chi connectivity index (χ1n) is 5.82. The molecule has 21 heavy (non-hydrogen) atoms. The van der Waals surface area contributed by atoms with Gasteiger partial charge in [0.15, 0.2) is 5.03 Å². The van der Waals surface area contributed by atoms with Gasteiger partial charge in [-0.3, -0.25) is 14.9 Å². The van der Waals surface area contributed by atoms with Gasteiger partial charge in [-0.2, -0.15) is 0 Å². The largest absolute Gasteiger partial charge is 0.325 e. The van der Waals surface area contributed by atoms with Gasteiger partial charge >= 0.3 is 5.69 Å². The molecule has 6 nitrogen and oxygen atoms in total. The molecular weight excluding hydrogens is 314 g/mol. The number of hydrogen-bond acceptors (Lipinski definition) is 5. The molecule has 0 aliphatic rings. The van der Waals surface area contributed by atoms with Crippen molar-refractivity contribution < 1.29 is 9.72 Å². The molecule has 1 heterocycles. The number of nitrogens with one attached hydrogen (secondary N) is 1. The smallest absolute Gasteiger partial charge is 0.301 e. The molecule has 1 amide bonds. The van der Waals surface area contributed by atoms with Gasteiger partial charge in [0.05, 0.1) is 10.6 Å². The van der Waals surface area contributed by atoms with Gasteiger partial charge in [-0.15, -0.1) is 0 Å². The summed E-state index contributed by atoms with van der Waals surface area (Å²) in [6.07, 6.45) is 1.47. The molecule has 0 bridgehead atoms. The number of amides is 1. The molecule has 0 saturated heterocycles. The van der Waals surface area contributed by atoms with Crippen LogP contribution in [0.2, 0.25) is 5.02 Å². The minimum atomic E-state index is -0.502. The monoisotopic (exact) mass is 323 g/mol. The number of carbonyl (C=O) groups excluding carboxylic acids is 1. The van der Waals surface area contributed by atoms with E-state index in [1.807, 2.05) is 0 Å². The summed E-state index contributed by atoms with van der Waals surface area (Å²) in [6, 6.07) is 7.76. The van der Waals surface area contributed by atoms with Crippen LogP contribution in [-0.4, -0.2) is 15.8 Å². The fourth-order valence-corrected chi connectivity index (χ4v) is 2.80. The first-order chi connectivity index (χ1) is 9.97. The Morgan fingerprint density at radius 3 is 2.86 bits per heavy atom. The van der Waals surface area contributed by atoms with Crippen molar-refractivity contribution >= 4 is 40.6 Å². The van der Waals surface area contributed by atoms with Gasteiger partial charge in [0.25, 0.3) is 0 Å². The highest BCUT2D eigenvalue weighted by Crippen LogP contribution is 2.38. The highest BCUT2D eigenvalue weighted by molar-refractivity contribution is 7.99. The van der Waals surface area contributed by atoms with E-state index >= 15 is 0 Å². The van der Waals surface area contributed by atoms with Gasteiger partial charge in [0, 0.05) is 29.1 Å². The molecule has 0 aliphatic carbocycles. The van der Waals surface area contributed by atoms with Gasteiger partial charge in [0.2, 0.25) is 5.91 Å². The number of rotatable bonds is 4. The van der Waals surface area contributed by atoms with Crippen molar-refractivity contribution in [2.24, 2.45) is 0 Å². The molecule has 0 fully saturated rings. The number of carbonyl (C=O) groups is 1. The number of pyridine rings is 1. The lowest BCUT2D eigenvalue weighted by Crippen LogP contribution is -2.06. The van der Waals surface area contributed by atoms with Crippen LogP contribution in [0.1, 0.15) is 6.92 Å². The Kier molecular flexibility index (Phi) is 4.77. The van der Waals surface area contributed by atoms with Crippen molar-refractivity contribution in [3.8, 4) is 0 Å². The normalized spacial score (nSPS) is 10.2. The summed E-state index contributed by atoms with van der Waals surface area (Å²) in [7, 11) is 0. The van der Waals surface area contributed by atoms with Gasteiger partial charge in [-0.05, 0) is 24.3 Å². The van der Waals surface area contributed by atoms with E-state index < -0.39 is 4.92 Å². The van der Waals surface area contributed by atoms with Crippen molar-refractivity contribution in [3.05, 3.63) is 51.7 Å². The maximum Gasteiger partial charge on any atom is 0.301 e. The Morgan fingerprint density at radius 1 is 1.43 bits per heavy atom. The quantitative estimate of drug-likeness (QED) is 0.684. The van der Waals surface area contributed by atoms with Crippen LogP contribution in [0.3, 0.4) is 0 Å². The molecule has 2 aromatic rings. The number of nitrogens with zero attached hydrogens (tertiary/aromatic N) is 2. The first kappa shape index (κ1) is 15.3. The van der Waals surface area contributed by atoms with Crippen molar-refractivity contribution in [1.29, 1.82) is 0 Å². The lowest BCUT2D eigenvalue weighted by Gasteiger charge is -2.09. The number of anilines is 1. The van der Waals surface area contributed by atoms with Gasteiger partial charge < -0.3 is 5.32 Å².